The van der Waals surface area contributed by atoms with Crippen molar-refractivity contribution < 1.29 is 4.79 Å². The summed E-state index contributed by atoms with van der Waals surface area (Å²) in [7, 11) is 0. The van der Waals surface area contributed by atoms with Crippen molar-refractivity contribution in [1.82, 2.24) is 5.32 Å². The molecule has 0 saturated carbocycles. The van der Waals surface area contributed by atoms with E-state index in [0.717, 1.165) is 21.3 Å². The number of carbonyl (C=O) groups excluding carboxylic acids is 1. The average molecular weight is 313 g/mol. The summed E-state index contributed by atoms with van der Waals surface area (Å²) in [5.41, 5.74) is 3.03. The van der Waals surface area contributed by atoms with E-state index < -0.39 is 0 Å². The molecule has 1 aromatic carbocycles. The lowest BCUT2D eigenvalue weighted by molar-refractivity contribution is -0.115. The summed E-state index contributed by atoms with van der Waals surface area (Å²) in [4.78, 5) is 11.8. The molecular formula is C14H21BrN2O. The smallest absolute Gasteiger partial charge is 0.238 e. The lowest BCUT2D eigenvalue weighted by Crippen LogP contribution is -2.41. The van der Waals surface area contributed by atoms with Crippen molar-refractivity contribution in [1.29, 1.82) is 0 Å². The fourth-order valence-corrected chi connectivity index (χ4v) is 1.80. The monoisotopic (exact) mass is 312 g/mol. The zero-order valence-corrected chi connectivity index (χ0v) is 13.2. The second-order valence-electron chi connectivity index (χ2n) is 5.58. The Morgan fingerprint density at radius 1 is 1.22 bits per heavy atom. The minimum atomic E-state index is -0.0527. The van der Waals surface area contributed by atoms with Crippen molar-refractivity contribution in [3.05, 3.63) is 27.7 Å². The highest BCUT2D eigenvalue weighted by Crippen LogP contribution is 2.24. The molecule has 0 radical (unpaired) electrons. The van der Waals surface area contributed by atoms with Crippen molar-refractivity contribution in [2.24, 2.45) is 0 Å². The summed E-state index contributed by atoms with van der Waals surface area (Å²) < 4.78 is 1.09. The quantitative estimate of drug-likeness (QED) is 0.898. The van der Waals surface area contributed by atoms with Crippen molar-refractivity contribution in [2.75, 3.05) is 11.9 Å². The van der Waals surface area contributed by atoms with Gasteiger partial charge < -0.3 is 10.6 Å². The molecule has 0 saturated heterocycles. The molecule has 18 heavy (non-hydrogen) atoms. The molecule has 0 spiro atoms. The average Bonchev–Trinajstić information content (AvgIpc) is 2.22. The van der Waals surface area contributed by atoms with Gasteiger partial charge in [0, 0.05) is 15.7 Å². The molecule has 0 aliphatic carbocycles. The number of hydrogen-bond donors (Lipinski definition) is 2. The van der Waals surface area contributed by atoms with Crippen molar-refractivity contribution >= 4 is 27.5 Å². The Bertz CT molecular complexity index is 427. The first kappa shape index (κ1) is 15.2. The van der Waals surface area contributed by atoms with Crippen LogP contribution in [0.15, 0.2) is 16.6 Å². The molecule has 0 atom stereocenters. The van der Waals surface area contributed by atoms with Crippen LogP contribution in [-0.2, 0) is 4.79 Å². The normalized spacial score (nSPS) is 11.4. The summed E-state index contributed by atoms with van der Waals surface area (Å²) in [5, 5.41) is 6.06. The molecule has 1 aromatic rings. The number of nitrogens with one attached hydrogen (secondary N) is 2. The fraction of sp³-hybridized carbons (Fsp3) is 0.500. The van der Waals surface area contributed by atoms with Crippen LogP contribution in [-0.4, -0.2) is 18.0 Å². The number of anilines is 1. The molecule has 100 valence electrons. The summed E-state index contributed by atoms with van der Waals surface area (Å²) in [6.07, 6.45) is 0. The van der Waals surface area contributed by atoms with Gasteiger partial charge in [-0.25, -0.2) is 0 Å². The highest BCUT2D eigenvalue weighted by atomic mass is 79.9. The van der Waals surface area contributed by atoms with E-state index in [4.69, 9.17) is 0 Å². The van der Waals surface area contributed by atoms with Crippen molar-refractivity contribution in [3.63, 3.8) is 0 Å². The third kappa shape index (κ3) is 4.78. The Morgan fingerprint density at radius 2 is 1.72 bits per heavy atom. The maximum atomic E-state index is 11.8. The number of halogens is 1. The summed E-state index contributed by atoms with van der Waals surface area (Å²) in [5.74, 6) is -0.0222. The van der Waals surface area contributed by atoms with Gasteiger partial charge in [0.25, 0.3) is 0 Å². The van der Waals surface area contributed by atoms with Crippen LogP contribution in [0.1, 0.15) is 31.9 Å². The maximum absolute atomic E-state index is 11.8. The predicted octanol–water partition coefficient (Wildman–Crippen LogP) is 3.39. The van der Waals surface area contributed by atoms with Crippen LogP contribution in [0.25, 0.3) is 0 Å². The van der Waals surface area contributed by atoms with Gasteiger partial charge in [0.1, 0.15) is 0 Å². The predicted molar refractivity (Wildman–Crippen MR) is 80.0 cm³/mol. The van der Waals surface area contributed by atoms with Crippen LogP contribution in [0.5, 0.6) is 0 Å². The Kier molecular flexibility index (Phi) is 4.93. The van der Waals surface area contributed by atoms with E-state index in [1.165, 1.54) is 0 Å². The van der Waals surface area contributed by atoms with Crippen molar-refractivity contribution in [2.45, 2.75) is 40.2 Å². The van der Waals surface area contributed by atoms with Crippen LogP contribution < -0.4 is 10.6 Å². The maximum Gasteiger partial charge on any atom is 0.238 e. The molecule has 2 N–H and O–H groups in total. The number of benzene rings is 1. The Balaban J connectivity index is 2.65. The first-order chi connectivity index (χ1) is 8.19. The number of amides is 1. The van der Waals surface area contributed by atoms with Gasteiger partial charge in [0.05, 0.1) is 6.54 Å². The summed E-state index contributed by atoms with van der Waals surface area (Å²) in [6, 6.07) is 3.93. The van der Waals surface area contributed by atoms with E-state index in [9.17, 15) is 4.79 Å². The van der Waals surface area contributed by atoms with E-state index >= 15 is 0 Å². The number of rotatable bonds is 3. The second-order valence-corrected chi connectivity index (χ2v) is 6.37. The summed E-state index contributed by atoms with van der Waals surface area (Å²) in [6.45, 7) is 10.5. The molecule has 3 nitrogen and oxygen atoms in total. The largest absolute Gasteiger partial charge is 0.325 e. The van der Waals surface area contributed by atoms with Gasteiger partial charge in [-0.3, -0.25) is 4.79 Å². The lowest BCUT2D eigenvalue weighted by atomic mass is 10.1. The molecule has 0 aliphatic rings. The van der Waals surface area contributed by atoms with Gasteiger partial charge >= 0.3 is 0 Å². The van der Waals surface area contributed by atoms with Gasteiger partial charge in [-0.05, 0) is 57.9 Å². The first-order valence-electron chi connectivity index (χ1n) is 6.00. The molecule has 0 heterocycles. The Labute approximate surface area is 117 Å². The molecule has 0 aromatic heterocycles. The zero-order valence-electron chi connectivity index (χ0n) is 11.6. The Morgan fingerprint density at radius 3 is 2.17 bits per heavy atom. The lowest BCUT2D eigenvalue weighted by Gasteiger charge is -2.20. The number of hydrogen-bond acceptors (Lipinski definition) is 2. The van der Waals surface area contributed by atoms with E-state index in [0.29, 0.717) is 6.54 Å². The molecule has 1 rings (SSSR count). The van der Waals surface area contributed by atoms with Gasteiger partial charge in [-0.1, -0.05) is 15.9 Å². The third-order valence-corrected chi connectivity index (χ3v) is 3.75. The second kappa shape index (κ2) is 5.85. The summed E-state index contributed by atoms with van der Waals surface area (Å²) >= 11 is 3.51. The van der Waals surface area contributed by atoms with Gasteiger partial charge in [-0.2, -0.15) is 0 Å². The van der Waals surface area contributed by atoms with E-state index in [-0.39, 0.29) is 11.4 Å². The molecule has 0 bridgehead atoms. The molecular weight excluding hydrogens is 292 g/mol. The fourth-order valence-electron chi connectivity index (χ4n) is 1.57. The molecule has 0 unspecified atom stereocenters. The van der Waals surface area contributed by atoms with Gasteiger partial charge in [0.15, 0.2) is 0 Å². The highest BCUT2D eigenvalue weighted by Gasteiger charge is 2.12. The third-order valence-electron chi connectivity index (χ3n) is 2.50. The standard InChI is InChI=1S/C14H21BrN2O/c1-9-6-11(7-10(2)13(9)15)17-12(18)8-16-14(3,4)5/h6-7,16H,8H2,1-5H3,(H,17,18). The topological polar surface area (TPSA) is 41.1 Å². The van der Waals surface area contributed by atoms with Crippen molar-refractivity contribution in [3.8, 4) is 0 Å². The van der Waals surface area contributed by atoms with Crippen LogP contribution in [0.3, 0.4) is 0 Å². The highest BCUT2D eigenvalue weighted by molar-refractivity contribution is 9.10. The number of carbonyl (C=O) groups is 1. The van der Waals surface area contributed by atoms with E-state index in [1.54, 1.807) is 0 Å². The van der Waals surface area contributed by atoms with Crippen LogP contribution in [0.2, 0.25) is 0 Å². The zero-order chi connectivity index (χ0) is 13.9. The molecule has 0 fully saturated rings. The van der Waals surface area contributed by atoms with E-state index in [1.807, 2.05) is 46.8 Å². The molecule has 4 heteroatoms. The SMILES string of the molecule is Cc1cc(NC(=O)CNC(C)(C)C)cc(C)c1Br. The number of aryl methyl sites for hydroxylation is 2. The van der Waals surface area contributed by atoms with Gasteiger partial charge in [-0.15, -0.1) is 0 Å². The van der Waals surface area contributed by atoms with Crippen LogP contribution in [0, 0.1) is 13.8 Å². The minimum Gasteiger partial charge on any atom is -0.325 e. The van der Waals surface area contributed by atoms with Crippen LogP contribution >= 0.6 is 15.9 Å². The Hall–Kier alpha value is -0.870. The first-order valence-corrected chi connectivity index (χ1v) is 6.80. The van der Waals surface area contributed by atoms with Gasteiger partial charge in [0.2, 0.25) is 5.91 Å². The van der Waals surface area contributed by atoms with Crippen LogP contribution in [0.4, 0.5) is 5.69 Å². The van der Waals surface area contributed by atoms with E-state index in [2.05, 4.69) is 26.6 Å². The molecule has 0 aliphatic heterocycles. The molecule has 1 amide bonds. The minimum absolute atomic E-state index is 0.0222.